The molecule has 0 radical (unpaired) electrons. The molecule has 7 heteroatoms. The van der Waals surface area contributed by atoms with Gasteiger partial charge in [-0.05, 0) is 80.8 Å². The molecule has 2 amide bonds. The highest BCUT2D eigenvalue weighted by Gasteiger charge is 2.43. The van der Waals surface area contributed by atoms with E-state index in [1.807, 2.05) is 0 Å². The third kappa shape index (κ3) is 11.8. The molecule has 216 valence electrons. The molecule has 0 aromatic heterocycles. The number of imide groups is 1. The van der Waals surface area contributed by atoms with Crippen LogP contribution in [0.15, 0.2) is 12.2 Å². The summed E-state index contributed by atoms with van der Waals surface area (Å²) in [7, 11) is 5.03. The topological polar surface area (TPSA) is 68.4 Å². The number of carbonyl (C=O) groups is 2. The summed E-state index contributed by atoms with van der Waals surface area (Å²) in [6.07, 6.45) is 22.0. The van der Waals surface area contributed by atoms with Gasteiger partial charge in [-0.1, -0.05) is 40.0 Å². The maximum atomic E-state index is 10.4. The average Bonchev–Trinajstić information content (AvgIpc) is 3.59. The number of likely N-dealkylation sites (N-methyl/N-ethyl adjacent to an activating group) is 1. The van der Waals surface area contributed by atoms with Crippen molar-refractivity contribution in [2.75, 3.05) is 40.7 Å². The largest absolute Gasteiger partial charge is 0.384 e. The summed E-state index contributed by atoms with van der Waals surface area (Å²) in [5, 5.41) is 0. The smallest absolute Gasteiger partial charge is 0.253 e. The van der Waals surface area contributed by atoms with Crippen molar-refractivity contribution in [2.24, 2.45) is 16.7 Å². The van der Waals surface area contributed by atoms with Gasteiger partial charge in [0.1, 0.15) is 0 Å². The Hall–Kier alpha value is -0.890. The van der Waals surface area contributed by atoms with Gasteiger partial charge in [-0.15, -0.1) is 0 Å². The number of hydrogen-bond acceptors (Lipinski definition) is 6. The number of ether oxygens (including phenoxy) is 3. The van der Waals surface area contributed by atoms with Gasteiger partial charge in [0.2, 0.25) is 0 Å². The van der Waals surface area contributed by atoms with E-state index in [4.69, 9.17) is 14.2 Å². The molecule has 0 bridgehead atoms. The van der Waals surface area contributed by atoms with Crippen molar-refractivity contribution in [3.8, 4) is 0 Å². The monoisotopic (exact) mass is 541 g/mol. The van der Waals surface area contributed by atoms with E-state index in [0.29, 0.717) is 17.6 Å². The zero-order valence-electron chi connectivity index (χ0n) is 24.7. The van der Waals surface area contributed by atoms with Crippen LogP contribution in [0.2, 0.25) is 0 Å². The molecule has 0 aromatic carbocycles. The quantitative estimate of drug-likeness (QED) is 0.227. The molecule has 0 spiro atoms. The number of fused-ring (bicyclic) bond motifs is 1. The third-order valence-electron chi connectivity index (χ3n) is 8.57. The van der Waals surface area contributed by atoms with E-state index in [0.717, 1.165) is 29.4 Å². The molecule has 0 N–H and O–H groups in total. The second-order valence-corrected chi connectivity index (χ2v) is 11.5. The van der Waals surface area contributed by atoms with Crippen molar-refractivity contribution in [1.29, 1.82) is 0 Å². The van der Waals surface area contributed by atoms with Crippen LogP contribution in [0.4, 0.5) is 0 Å². The molecule has 6 nitrogen and oxygen atoms in total. The molecular formula is C30H55NO5S. The van der Waals surface area contributed by atoms with Gasteiger partial charge in [0, 0.05) is 40.0 Å². The average molecular weight is 542 g/mol. The second kappa shape index (κ2) is 17.6. The highest BCUT2D eigenvalue weighted by Crippen LogP contribution is 2.44. The van der Waals surface area contributed by atoms with Crippen LogP contribution in [0.1, 0.15) is 97.8 Å². The number of thiol groups is 1. The highest BCUT2D eigenvalue weighted by molar-refractivity contribution is 7.79. The number of amides is 2. The minimum absolute atomic E-state index is 0.241. The third-order valence-corrected chi connectivity index (χ3v) is 8.57. The lowest BCUT2D eigenvalue weighted by Gasteiger charge is -2.40. The molecule has 3 saturated carbocycles. The van der Waals surface area contributed by atoms with E-state index in [-0.39, 0.29) is 11.8 Å². The Labute approximate surface area is 232 Å². The molecule has 3 aliphatic carbocycles. The van der Waals surface area contributed by atoms with Crippen molar-refractivity contribution in [3.05, 3.63) is 12.2 Å². The number of hydrogen-bond donors (Lipinski definition) is 1. The number of nitrogens with zero attached hydrogens (tertiary/aromatic N) is 1. The fourth-order valence-electron chi connectivity index (χ4n) is 5.57. The lowest BCUT2D eigenvalue weighted by atomic mass is 9.68. The Morgan fingerprint density at radius 1 is 0.973 bits per heavy atom. The van der Waals surface area contributed by atoms with E-state index in [9.17, 15) is 9.59 Å². The van der Waals surface area contributed by atoms with Gasteiger partial charge < -0.3 is 14.2 Å². The normalized spacial score (nSPS) is 27.2. The van der Waals surface area contributed by atoms with Crippen LogP contribution in [0, 0.1) is 16.7 Å². The summed E-state index contributed by atoms with van der Waals surface area (Å²) in [5.74, 6) is 0.291. The Kier molecular flexibility index (Phi) is 16.3. The minimum Gasteiger partial charge on any atom is -0.384 e. The molecule has 2 aliphatic heterocycles. The fraction of sp³-hybridized carbons (Fsp3) is 0.867. The summed E-state index contributed by atoms with van der Waals surface area (Å²) in [4.78, 5) is 21.9. The SMILES string of the molecule is CCC1(COC)CCC1.CCCC1(C)CCC1.CN1C(=O)C=CC1=O.COCC1CCC2OC2C1.CS. The van der Waals surface area contributed by atoms with Gasteiger partial charge >= 0.3 is 0 Å². The van der Waals surface area contributed by atoms with Crippen LogP contribution in [-0.4, -0.2) is 69.7 Å². The van der Waals surface area contributed by atoms with Crippen LogP contribution in [0.5, 0.6) is 0 Å². The Bertz CT molecular complexity index is 666. The lowest BCUT2D eigenvalue weighted by molar-refractivity contribution is -0.135. The molecule has 0 aromatic rings. The Balaban J connectivity index is 0.000000242. The maximum Gasteiger partial charge on any atom is 0.253 e. The number of methoxy groups -OCH3 is 2. The zero-order valence-corrected chi connectivity index (χ0v) is 25.6. The lowest BCUT2D eigenvalue weighted by Crippen LogP contribution is -2.33. The van der Waals surface area contributed by atoms with E-state index < -0.39 is 0 Å². The van der Waals surface area contributed by atoms with Crippen molar-refractivity contribution in [3.63, 3.8) is 0 Å². The van der Waals surface area contributed by atoms with Crippen LogP contribution < -0.4 is 0 Å². The molecule has 4 fully saturated rings. The van der Waals surface area contributed by atoms with E-state index in [1.54, 1.807) is 20.5 Å². The number of rotatable bonds is 7. The molecule has 1 saturated heterocycles. The Morgan fingerprint density at radius 3 is 1.84 bits per heavy atom. The molecule has 5 aliphatic rings. The van der Waals surface area contributed by atoms with E-state index in [1.165, 1.54) is 96.2 Å². The van der Waals surface area contributed by atoms with Crippen molar-refractivity contribution in [2.45, 2.75) is 110 Å². The summed E-state index contributed by atoms with van der Waals surface area (Å²) in [6, 6.07) is 0. The summed E-state index contributed by atoms with van der Waals surface area (Å²) in [5.41, 5.74) is 1.36. The maximum absolute atomic E-state index is 10.4. The van der Waals surface area contributed by atoms with Crippen LogP contribution in [-0.2, 0) is 23.8 Å². The van der Waals surface area contributed by atoms with Gasteiger partial charge in [-0.3, -0.25) is 14.5 Å². The van der Waals surface area contributed by atoms with Gasteiger partial charge in [-0.2, -0.15) is 12.6 Å². The fourth-order valence-corrected chi connectivity index (χ4v) is 5.57. The van der Waals surface area contributed by atoms with Crippen molar-refractivity contribution >= 4 is 24.4 Å². The van der Waals surface area contributed by atoms with Gasteiger partial charge in [0.25, 0.3) is 11.8 Å². The first-order valence-corrected chi connectivity index (χ1v) is 15.2. The van der Waals surface area contributed by atoms with Gasteiger partial charge in [0.15, 0.2) is 0 Å². The van der Waals surface area contributed by atoms with Crippen molar-refractivity contribution < 1.29 is 23.8 Å². The molecule has 2 heterocycles. The molecule has 3 atom stereocenters. The highest BCUT2D eigenvalue weighted by atomic mass is 32.1. The summed E-state index contributed by atoms with van der Waals surface area (Å²) >= 11 is 3.53. The summed E-state index contributed by atoms with van der Waals surface area (Å²) in [6.45, 7) is 8.86. The number of carbonyl (C=O) groups excluding carboxylic acids is 2. The second-order valence-electron chi connectivity index (χ2n) is 11.5. The first-order chi connectivity index (χ1) is 17.7. The first-order valence-electron chi connectivity index (χ1n) is 14.3. The minimum atomic E-state index is -0.241. The first kappa shape index (κ1) is 34.1. The zero-order chi connectivity index (χ0) is 27.9. The number of epoxide rings is 1. The molecule has 3 unspecified atom stereocenters. The van der Waals surface area contributed by atoms with Crippen LogP contribution in [0.3, 0.4) is 0 Å². The van der Waals surface area contributed by atoms with Gasteiger partial charge in [0.05, 0.1) is 18.8 Å². The van der Waals surface area contributed by atoms with Gasteiger partial charge in [-0.25, -0.2) is 0 Å². The van der Waals surface area contributed by atoms with Crippen molar-refractivity contribution in [1.82, 2.24) is 4.90 Å². The van der Waals surface area contributed by atoms with E-state index >= 15 is 0 Å². The van der Waals surface area contributed by atoms with Crippen LogP contribution in [0.25, 0.3) is 0 Å². The summed E-state index contributed by atoms with van der Waals surface area (Å²) < 4.78 is 15.6. The molecule has 5 rings (SSSR count). The predicted molar refractivity (Wildman–Crippen MR) is 155 cm³/mol. The predicted octanol–water partition coefficient (Wildman–Crippen LogP) is 6.48. The van der Waals surface area contributed by atoms with E-state index in [2.05, 4.69) is 33.4 Å². The standard InChI is InChI=1S/C8H14O2.C8H16O.C8H16.C5H5NO2.CH4S/c1-9-5-6-2-3-7-8(4-6)10-7;1-3-8(7-9-2)5-4-6-8;1-3-5-8(2)6-4-7-8;1-6-4(7)2-3-5(6)8;1-2/h6-8H,2-5H2,1H3;3-7H2,1-2H3;3-7H2,1-2H3;2-3H,1H3;2H,1H3. The van der Waals surface area contributed by atoms with Crippen LogP contribution >= 0.6 is 12.6 Å². The molecular weight excluding hydrogens is 486 g/mol. The molecule has 37 heavy (non-hydrogen) atoms. The Morgan fingerprint density at radius 2 is 1.57 bits per heavy atom.